The Morgan fingerprint density at radius 1 is 1.36 bits per heavy atom. The number of quaternary nitrogens is 1. The first kappa shape index (κ1) is 8.47. The van der Waals surface area contributed by atoms with E-state index in [-0.39, 0.29) is 0 Å². The summed E-state index contributed by atoms with van der Waals surface area (Å²) in [7, 11) is 0. The third kappa shape index (κ3) is 2.46. The summed E-state index contributed by atoms with van der Waals surface area (Å²) in [5.41, 5.74) is 0. The molecule has 0 saturated carbocycles. The summed E-state index contributed by atoms with van der Waals surface area (Å²) in [6.45, 7) is 5.63. The van der Waals surface area contributed by atoms with E-state index < -0.39 is 0 Å². The van der Waals surface area contributed by atoms with Crippen molar-refractivity contribution in [2.24, 2.45) is 0 Å². The molecule has 1 aliphatic heterocycles. The summed E-state index contributed by atoms with van der Waals surface area (Å²) in [5, 5.41) is 0. The first-order chi connectivity index (χ1) is 5.34. The summed E-state index contributed by atoms with van der Waals surface area (Å²) >= 11 is 0. The Bertz CT molecular complexity index is 148. The van der Waals surface area contributed by atoms with Gasteiger partial charge in [-0.05, 0) is 19.3 Å². The molecule has 0 aromatic carbocycles. The second kappa shape index (κ2) is 4.29. The smallest absolute Gasteiger partial charge is 0.272 e. The normalized spacial score (nSPS) is 19.6. The fourth-order valence-corrected chi connectivity index (χ4v) is 1.53. The first-order valence-corrected chi connectivity index (χ1v) is 4.33. The molecular weight excluding hydrogens is 138 g/mol. The molecule has 0 aliphatic carbocycles. The standard InChI is InChI=1S/C9H15NO/c1-2-6-9(11)10-7-4-3-5-8-10/h2H,1,3-8H2/p+1. The van der Waals surface area contributed by atoms with Crippen molar-refractivity contribution in [1.29, 1.82) is 0 Å². The lowest BCUT2D eigenvalue weighted by Crippen LogP contribution is -3.15. The van der Waals surface area contributed by atoms with Gasteiger partial charge in [-0.1, -0.05) is 6.08 Å². The first-order valence-electron chi connectivity index (χ1n) is 4.33. The van der Waals surface area contributed by atoms with Crippen molar-refractivity contribution < 1.29 is 9.69 Å². The third-order valence-corrected chi connectivity index (χ3v) is 2.18. The van der Waals surface area contributed by atoms with Gasteiger partial charge in [0.1, 0.15) is 0 Å². The van der Waals surface area contributed by atoms with Crippen LogP contribution in [0, 0.1) is 0 Å². The maximum Gasteiger partial charge on any atom is 0.315 e. The van der Waals surface area contributed by atoms with E-state index in [0.29, 0.717) is 12.3 Å². The van der Waals surface area contributed by atoms with Gasteiger partial charge in [-0.2, -0.15) is 0 Å². The topological polar surface area (TPSA) is 21.5 Å². The highest BCUT2D eigenvalue weighted by molar-refractivity contribution is 5.68. The largest absolute Gasteiger partial charge is 0.315 e. The molecule has 0 spiro atoms. The van der Waals surface area contributed by atoms with Gasteiger partial charge in [0.15, 0.2) is 0 Å². The number of carbonyl (C=O) groups excluding carboxylic acids is 1. The maximum atomic E-state index is 11.3. The lowest BCUT2D eigenvalue weighted by Gasteiger charge is -2.20. The molecule has 1 fully saturated rings. The highest BCUT2D eigenvalue weighted by atomic mass is 16.2. The van der Waals surface area contributed by atoms with Crippen molar-refractivity contribution in [3.05, 3.63) is 12.7 Å². The van der Waals surface area contributed by atoms with E-state index in [4.69, 9.17) is 0 Å². The number of piperidine rings is 1. The van der Waals surface area contributed by atoms with Gasteiger partial charge >= 0.3 is 5.91 Å². The molecule has 1 N–H and O–H groups in total. The molecule has 2 heteroatoms. The number of hydrogen-bond acceptors (Lipinski definition) is 1. The van der Waals surface area contributed by atoms with Crippen LogP contribution in [-0.4, -0.2) is 19.0 Å². The molecule has 2 nitrogen and oxygen atoms in total. The molecule has 0 atom stereocenters. The zero-order valence-corrected chi connectivity index (χ0v) is 6.94. The van der Waals surface area contributed by atoms with E-state index in [1.807, 2.05) is 0 Å². The molecule has 1 heterocycles. The van der Waals surface area contributed by atoms with Crippen LogP contribution >= 0.6 is 0 Å². The van der Waals surface area contributed by atoms with Gasteiger partial charge in [-0.25, -0.2) is 4.79 Å². The van der Waals surface area contributed by atoms with Gasteiger partial charge in [0, 0.05) is 0 Å². The van der Waals surface area contributed by atoms with Crippen LogP contribution in [0.3, 0.4) is 0 Å². The van der Waals surface area contributed by atoms with Crippen molar-refractivity contribution in [3.8, 4) is 0 Å². The van der Waals surface area contributed by atoms with Crippen molar-refractivity contribution in [2.75, 3.05) is 13.1 Å². The number of amides is 1. The summed E-state index contributed by atoms with van der Waals surface area (Å²) < 4.78 is 0. The highest BCUT2D eigenvalue weighted by Crippen LogP contribution is 1.94. The molecule has 0 bridgehead atoms. The van der Waals surface area contributed by atoms with Gasteiger partial charge in [0.25, 0.3) is 0 Å². The molecule has 0 unspecified atom stereocenters. The second-order valence-electron chi connectivity index (χ2n) is 3.08. The van der Waals surface area contributed by atoms with Crippen molar-refractivity contribution in [2.45, 2.75) is 25.7 Å². The summed E-state index contributed by atoms with van der Waals surface area (Å²) in [6, 6.07) is 0. The summed E-state index contributed by atoms with van der Waals surface area (Å²) in [5.74, 6) is 0.319. The maximum absolute atomic E-state index is 11.3. The van der Waals surface area contributed by atoms with Crippen LogP contribution in [0.15, 0.2) is 12.7 Å². The molecule has 1 rings (SSSR count). The van der Waals surface area contributed by atoms with Gasteiger partial charge in [-0.3, -0.25) is 4.90 Å². The predicted octanol–water partition coefficient (Wildman–Crippen LogP) is 0.158. The molecule has 1 amide bonds. The molecule has 1 saturated heterocycles. The summed E-state index contributed by atoms with van der Waals surface area (Å²) in [4.78, 5) is 12.4. The molecule has 0 aromatic rings. The zero-order chi connectivity index (χ0) is 8.10. The highest BCUT2D eigenvalue weighted by Gasteiger charge is 2.19. The third-order valence-electron chi connectivity index (χ3n) is 2.18. The van der Waals surface area contributed by atoms with E-state index in [1.165, 1.54) is 19.3 Å². The van der Waals surface area contributed by atoms with Crippen LogP contribution < -0.4 is 4.90 Å². The SMILES string of the molecule is C=CCC(=O)[NH+]1CCCCC1. The Kier molecular flexibility index (Phi) is 3.30. The lowest BCUT2D eigenvalue weighted by atomic mass is 10.1. The van der Waals surface area contributed by atoms with Crippen LogP contribution in [0.4, 0.5) is 0 Å². The monoisotopic (exact) mass is 154 g/mol. The van der Waals surface area contributed by atoms with Crippen LogP contribution in [0.2, 0.25) is 0 Å². The summed E-state index contributed by atoms with van der Waals surface area (Å²) in [6.07, 6.45) is 5.95. The van der Waals surface area contributed by atoms with Crippen LogP contribution in [0.5, 0.6) is 0 Å². The van der Waals surface area contributed by atoms with E-state index >= 15 is 0 Å². The van der Waals surface area contributed by atoms with Crippen LogP contribution in [0.25, 0.3) is 0 Å². The van der Waals surface area contributed by atoms with E-state index in [0.717, 1.165) is 18.0 Å². The average molecular weight is 154 g/mol. The number of carbonyl (C=O) groups is 1. The Morgan fingerprint density at radius 2 is 2.00 bits per heavy atom. The Balaban J connectivity index is 2.32. The molecule has 11 heavy (non-hydrogen) atoms. The van der Waals surface area contributed by atoms with E-state index in [9.17, 15) is 4.79 Å². The quantitative estimate of drug-likeness (QED) is 0.562. The fourth-order valence-electron chi connectivity index (χ4n) is 1.53. The van der Waals surface area contributed by atoms with Gasteiger partial charge in [-0.15, -0.1) is 6.58 Å². The molecule has 0 radical (unpaired) electrons. The second-order valence-corrected chi connectivity index (χ2v) is 3.08. The van der Waals surface area contributed by atoms with Crippen molar-refractivity contribution in [1.82, 2.24) is 0 Å². The van der Waals surface area contributed by atoms with Crippen molar-refractivity contribution >= 4 is 5.91 Å². The van der Waals surface area contributed by atoms with Gasteiger partial charge in [0.05, 0.1) is 19.5 Å². The number of likely N-dealkylation sites (tertiary alicyclic amines) is 1. The number of hydrogen-bond donors (Lipinski definition) is 1. The van der Waals surface area contributed by atoms with E-state index in [2.05, 4.69) is 6.58 Å². The minimum absolute atomic E-state index is 0.319. The Hall–Kier alpha value is -0.630. The molecule has 0 aromatic heterocycles. The minimum Gasteiger partial charge on any atom is -0.272 e. The minimum atomic E-state index is 0.319. The Morgan fingerprint density at radius 3 is 2.55 bits per heavy atom. The number of nitrogens with one attached hydrogen (secondary N) is 1. The van der Waals surface area contributed by atoms with E-state index in [1.54, 1.807) is 6.08 Å². The van der Waals surface area contributed by atoms with Gasteiger partial charge in [0.2, 0.25) is 0 Å². The predicted molar refractivity (Wildman–Crippen MR) is 44.4 cm³/mol. The van der Waals surface area contributed by atoms with Crippen molar-refractivity contribution in [3.63, 3.8) is 0 Å². The fraction of sp³-hybridized carbons (Fsp3) is 0.667. The molecular formula is C9H16NO+. The lowest BCUT2D eigenvalue weighted by molar-refractivity contribution is -0.826. The molecule has 1 aliphatic rings. The van der Waals surface area contributed by atoms with Crippen LogP contribution in [-0.2, 0) is 4.79 Å². The van der Waals surface area contributed by atoms with Crippen LogP contribution in [0.1, 0.15) is 25.7 Å². The molecule has 62 valence electrons. The number of rotatable bonds is 2. The average Bonchev–Trinajstić information content (AvgIpc) is 2.07. The zero-order valence-electron chi connectivity index (χ0n) is 6.94. The van der Waals surface area contributed by atoms with Gasteiger partial charge < -0.3 is 0 Å². The Labute approximate surface area is 67.9 Å².